The topological polar surface area (TPSA) is 44.9 Å². The molecule has 0 aliphatic carbocycles. The molecule has 0 atom stereocenters. The number of methoxy groups -OCH3 is 1. The Labute approximate surface area is 189 Å². The number of ether oxygens (including phenoxy) is 1. The van der Waals surface area contributed by atoms with Crippen molar-refractivity contribution >= 4 is 22.6 Å². The summed E-state index contributed by atoms with van der Waals surface area (Å²) in [6, 6.07) is 20.0. The van der Waals surface area contributed by atoms with Crippen LogP contribution in [0.5, 0.6) is 5.75 Å². The monoisotopic (exact) mass is 446 g/mol. The highest BCUT2D eigenvalue weighted by molar-refractivity contribution is 6.30. The third-order valence-corrected chi connectivity index (χ3v) is 5.74. The number of fused-ring (bicyclic) bond motifs is 1. The van der Waals surface area contributed by atoms with Crippen LogP contribution < -0.4 is 4.74 Å². The van der Waals surface area contributed by atoms with Crippen molar-refractivity contribution in [2.45, 2.75) is 6.42 Å². The van der Waals surface area contributed by atoms with Gasteiger partial charge in [0.25, 0.3) is 0 Å². The maximum absolute atomic E-state index is 13.8. The molecule has 0 unspecified atom stereocenters. The van der Waals surface area contributed by atoms with Crippen molar-refractivity contribution in [3.05, 3.63) is 95.3 Å². The lowest BCUT2D eigenvalue weighted by molar-refractivity contribution is 0.412. The zero-order chi connectivity index (χ0) is 22.2. The van der Waals surface area contributed by atoms with Crippen LogP contribution in [0.1, 0.15) is 11.5 Å². The Balaban J connectivity index is 1.64. The standard InChI is InChI=1S/C25H20ClFN4O/c1-30-22-6-4-3-5-21(22)29-24(30)14-18-15-31(19-10-7-16(26)8-11-19)25(28-18)20-12-9-17(27)13-23(20)32-2/h3-13,15H,14H2,1-2H3. The van der Waals surface area contributed by atoms with Gasteiger partial charge >= 0.3 is 0 Å². The van der Waals surface area contributed by atoms with E-state index in [1.54, 1.807) is 6.07 Å². The van der Waals surface area contributed by atoms with Gasteiger partial charge in [-0.25, -0.2) is 14.4 Å². The summed E-state index contributed by atoms with van der Waals surface area (Å²) in [5.41, 5.74) is 4.43. The van der Waals surface area contributed by atoms with Gasteiger partial charge in [-0.1, -0.05) is 23.7 Å². The molecule has 160 valence electrons. The Bertz CT molecular complexity index is 1420. The third kappa shape index (κ3) is 3.63. The van der Waals surface area contributed by atoms with Gasteiger partial charge in [0.2, 0.25) is 0 Å². The lowest BCUT2D eigenvalue weighted by Crippen LogP contribution is -1.99. The molecular formula is C25H20ClFN4O. The summed E-state index contributed by atoms with van der Waals surface area (Å²) in [6.07, 6.45) is 2.52. The number of imidazole rings is 2. The summed E-state index contributed by atoms with van der Waals surface area (Å²) in [5.74, 6) is 1.61. The number of halogens is 2. The Hall–Kier alpha value is -3.64. The van der Waals surface area contributed by atoms with Crippen molar-refractivity contribution in [1.82, 2.24) is 19.1 Å². The van der Waals surface area contributed by atoms with Gasteiger partial charge in [0, 0.05) is 36.4 Å². The number of aryl methyl sites for hydroxylation is 1. The van der Waals surface area contributed by atoms with Crippen LogP contribution in [0.3, 0.4) is 0 Å². The smallest absolute Gasteiger partial charge is 0.148 e. The van der Waals surface area contributed by atoms with Crippen molar-refractivity contribution in [2.75, 3.05) is 7.11 Å². The molecule has 0 bridgehead atoms. The van der Waals surface area contributed by atoms with Gasteiger partial charge in [-0.2, -0.15) is 0 Å². The Morgan fingerprint density at radius 1 is 1.00 bits per heavy atom. The highest BCUT2D eigenvalue weighted by Crippen LogP contribution is 2.32. The molecule has 0 fully saturated rings. The third-order valence-electron chi connectivity index (χ3n) is 5.48. The molecule has 0 saturated carbocycles. The van der Waals surface area contributed by atoms with Crippen LogP contribution >= 0.6 is 11.6 Å². The molecule has 0 aliphatic rings. The van der Waals surface area contributed by atoms with Gasteiger partial charge in [-0.3, -0.25) is 4.57 Å². The van der Waals surface area contributed by atoms with Crippen LogP contribution in [0.25, 0.3) is 28.1 Å². The molecule has 0 aliphatic heterocycles. The van der Waals surface area contributed by atoms with Gasteiger partial charge in [0.1, 0.15) is 23.2 Å². The van der Waals surface area contributed by atoms with Crippen LogP contribution in [-0.2, 0) is 13.5 Å². The molecule has 5 aromatic rings. The van der Waals surface area contributed by atoms with Gasteiger partial charge in [0.05, 0.1) is 29.4 Å². The predicted octanol–water partition coefficient (Wildman–Crippen LogP) is 5.82. The van der Waals surface area contributed by atoms with Crippen LogP contribution in [0.4, 0.5) is 4.39 Å². The van der Waals surface area contributed by atoms with Crippen LogP contribution in [0, 0.1) is 5.82 Å². The molecule has 0 radical (unpaired) electrons. The molecule has 0 N–H and O–H groups in total. The first-order valence-electron chi connectivity index (χ1n) is 10.1. The second kappa shape index (κ2) is 8.13. The number of para-hydroxylation sites is 2. The normalized spacial score (nSPS) is 11.2. The van der Waals surface area contributed by atoms with Crippen molar-refractivity contribution in [3.63, 3.8) is 0 Å². The van der Waals surface area contributed by atoms with Gasteiger partial charge < -0.3 is 9.30 Å². The molecule has 0 saturated heterocycles. The number of benzene rings is 3. The first kappa shape index (κ1) is 20.3. The van der Waals surface area contributed by atoms with Crippen LogP contribution in [-0.4, -0.2) is 26.2 Å². The molecule has 0 amide bonds. The summed E-state index contributed by atoms with van der Waals surface area (Å²) >= 11 is 6.09. The van der Waals surface area contributed by atoms with E-state index in [4.69, 9.17) is 26.3 Å². The second-order valence-electron chi connectivity index (χ2n) is 7.50. The van der Waals surface area contributed by atoms with E-state index in [1.165, 1.54) is 19.2 Å². The molecule has 0 spiro atoms. The molecule has 5 nitrogen and oxygen atoms in total. The largest absolute Gasteiger partial charge is 0.496 e. The quantitative estimate of drug-likeness (QED) is 0.342. The van der Waals surface area contributed by atoms with E-state index in [2.05, 4.69) is 4.57 Å². The number of rotatable bonds is 5. The Kier molecular flexibility index (Phi) is 5.15. The molecule has 5 rings (SSSR count). The summed E-state index contributed by atoms with van der Waals surface area (Å²) in [4.78, 5) is 9.67. The SMILES string of the molecule is COc1cc(F)ccc1-c1nc(Cc2nc3ccccc3n2C)cn1-c1ccc(Cl)cc1. The minimum absolute atomic E-state index is 0.366. The van der Waals surface area contributed by atoms with Crippen LogP contribution in [0.2, 0.25) is 5.02 Å². The fourth-order valence-corrected chi connectivity index (χ4v) is 3.99. The highest BCUT2D eigenvalue weighted by Gasteiger charge is 2.18. The number of aromatic nitrogens is 4. The van der Waals surface area contributed by atoms with Crippen molar-refractivity contribution in [3.8, 4) is 22.8 Å². The van der Waals surface area contributed by atoms with E-state index < -0.39 is 0 Å². The molecule has 3 aromatic carbocycles. The van der Waals surface area contributed by atoms with Crippen LogP contribution in [0.15, 0.2) is 72.9 Å². The summed E-state index contributed by atoms with van der Waals surface area (Å²) in [5, 5.41) is 0.648. The Morgan fingerprint density at radius 2 is 1.78 bits per heavy atom. The zero-order valence-corrected chi connectivity index (χ0v) is 18.3. The predicted molar refractivity (Wildman–Crippen MR) is 124 cm³/mol. The molecule has 2 aromatic heterocycles. The lowest BCUT2D eigenvalue weighted by atomic mass is 10.1. The first-order chi connectivity index (χ1) is 15.5. The summed E-state index contributed by atoms with van der Waals surface area (Å²) in [6.45, 7) is 0. The highest BCUT2D eigenvalue weighted by atomic mass is 35.5. The Morgan fingerprint density at radius 3 is 2.53 bits per heavy atom. The van der Waals surface area contributed by atoms with E-state index in [1.807, 2.05) is 66.3 Å². The van der Waals surface area contributed by atoms with Gasteiger partial charge in [0.15, 0.2) is 0 Å². The zero-order valence-electron chi connectivity index (χ0n) is 17.6. The fourth-order valence-electron chi connectivity index (χ4n) is 3.87. The maximum Gasteiger partial charge on any atom is 0.148 e. The molecule has 7 heteroatoms. The number of nitrogens with zero attached hydrogens (tertiary/aromatic N) is 4. The maximum atomic E-state index is 13.8. The minimum Gasteiger partial charge on any atom is -0.496 e. The van der Waals surface area contributed by atoms with E-state index in [0.717, 1.165) is 28.2 Å². The van der Waals surface area contributed by atoms with Gasteiger partial charge in [-0.05, 0) is 48.5 Å². The van der Waals surface area contributed by atoms with Crippen molar-refractivity contribution in [2.24, 2.45) is 7.05 Å². The van der Waals surface area contributed by atoms with Crippen molar-refractivity contribution < 1.29 is 9.13 Å². The number of hydrogen-bond donors (Lipinski definition) is 0. The average Bonchev–Trinajstić information content (AvgIpc) is 3.36. The number of hydrogen-bond acceptors (Lipinski definition) is 3. The molecular weight excluding hydrogens is 427 g/mol. The average molecular weight is 447 g/mol. The summed E-state index contributed by atoms with van der Waals surface area (Å²) < 4.78 is 23.3. The van der Waals surface area contributed by atoms with E-state index >= 15 is 0 Å². The molecule has 2 heterocycles. The molecule has 32 heavy (non-hydrogen) atoms. The summed E-state index contributed by atoms with van der Waals surface area (Å²) in [7, 11) is 3.53. The second-order valence-corrected chi connectivity index (χ2v) is 7.94. The fraction of sp³-hybridized carbons (Fsp3) is 0.120. The van der Waals surface area contributed by atoms with Crippen molar-refractivity contribution in [1.29, 1.82) is 0 Å². The lowest BCUT2D eigenvalue weighted by Gasteiger charge is -2.11. The van der Waals surface area contributed by atoms with E-state index in [0.29, 0.717) is 28.6 Å². The van der Waals surface area contributed by atoms with Gasteiger partial charge in [-0.15, -0.1) is 0 Å². The minimum atomic E-state index is -0.366. The van der Waals surface area contributed by atoms with E-state index in [9.17, 15) is 4.39 Å². The first-order valence-corrected chi connectivity index (χ1v) is 10.5. The van der Waals surface area contributed by atoms with E-state index in [-0.39, 0.29) is 5.82 Å².